The number of nitrogens with two attached hydrogens (primary N) is 1. The van der Waals surface area contributed by atoms with Crippen molar-refractivity contribution in [2.24, 2.45) is 5.73 Å². The third kappa shape index (κ3) is 2.80. The standard InChI is InChI=1S/C13H20N2/c1-11(15-8-7-13(14)10-15)9-12-5-3-2-4-6-12/h2-6,11,13H,7-10,14H2,1H3/t11-,13+/m0/s1. The van der Waals surface area contributed by atoms with Crippen LogP contribution < -0.4 is 5.73 Å². The van der Waals surface area contributed by atoms with Crippen LogP contribution in [0.4, 0.5) is 0 Å². The molecule has 2 N–H and O–H groups in total. The molecule has 0 aromatic heterocycles. The molecule has 0 radical (unpaired) electrons. The van der Waals surface area contributed by atoms with Gasteiger partial charge in [0, 0.05) is 25.2 Å². The summed E-state index contributed by atoms with van der Waals surface area (Å²) in [5.74, 6) is 0. The van der Waals surface area contributed by atoms with E-state index in [4.69, 9.17) is 5.73 Å². The van der Waals surface area contributed by atoms with E-state index in [0.717, 1.165) is 25.9 Å². The summed E-state index contributed by atoms with van der Waals surface area (Å²) >= 11 is 0. The number of rotatable bonds is 3. The minimum absolute atomic E-state index is 0.392. The van der Waals surface area contributed by atoms with Gasteiger partial charge in [0.05, 0.1) is 0 Å². The first kappa shape index (κ1) is 10.7. The van der Waals surface area contributed by atoms with Gasteiger partial charge in [-0.15, -0.1) is 0 Å². The molecule has 2 atom stereocenters. The Labute approximate surface area is 92.1 Å². The molecule has 1 aromatic carbocycles. The van der Waals surface area contributed by atoms with Crippen molar-refractivity contribution < 1.29 is 0 Å². The van der Waals surface area contributed by atoms with Crippen molar-refractivity contribution in [1.29, 1.82) is 0 Å². The van der Waals surface area contributed by atoms with Crippen LogP contribution in [0.15, 0.2) is 30.3 Å². The molecule has 0 bridgehead atoms. The third-order valence-electron chi connectivity index (χ3n) is 3.25. The zero-order valence-corrected chi connectivity index (χ0v) is 9.39. The molecule has 0 amide bonds. The molecule has 15 heavy (non-hydrogen) atoms. The molecule has 0 spiro atoms. The Balaban J connectivity index is 1.90. The topological polar surface area (TPSA) is 29.3 Å². The minimum Gasteiger partial charge on any atom is -0.326 e. The van der Waals surface area contributed by atoms with Crippen LogP contribution in [0.5, 0.6) is 0 Å². The fraction of sp³-hybridized carbons (Fsp3) is 0.538. The molecular weight excluding hydrogens is 184 g/mol. The summed E-state index contributed by atoms with van der Waals surface area (Å²) in [4.78, 5) is 2.50. The number of likely N-dealkylation sites (tertiary alicyclic amines) is 1. The van der Waals surface area contributed by atoms with E-state index < -0.39 is 0 Å². The maximum atomic E-state index is 5.91. The van der Waals surface area contributed by atoms with E-state index in [0.29, 0.717) is 12.1 Å². The summed E-state index contributed by atoms with van der Waals surface area (Å²) in [5.41, 5.74) is 7.34. The first-order chi connectivity index (χ1) is 7.25. The highest BCUT2D eigenvalue weighted by Gasteiger charge is 2.23. The molecule has 2 nitrogen and oxygen atoms in total. The fourth-order valence-corrected chi connectivity index (χ4v) is 2.30. The normalized spacial score (nSPS) is 24.3. The lowest BCUT2D eigenvalue weighted by atomic mass is 10.1. The van der Waals surface area contributed by atoms with E-state index >= 15 is 0 Å². The van der Waals surface area contributed by atoms with Gasteiger partial charge in [-0.1, -0.05) is 30.3 Å². The number of hydrogen-bond acceptors (Lipinski definition) is 2. The largest absolute Gasteiger partial charge is 0.326 e. The van der Waals surface area contributed by atoms with Gasteiger partial charge < -0.3 is 5.73 Å². The second-order valence-electron chi connectivity index (χ2n) is 4.58. The van der Waals surface area contributed by atoms with Crippen LogP contribution in [-0.4, -0.2) is 30.1 Å². The molecule has 0 unspecified atom stereocenters. The molecule has 1 aromatic rings. The van der Waals surface area contributed by atoms with Crippen LogP contribution >= 0.6 is 0 Å². The van der Waals surface area contributed by atoms with Crippen molar-refractivity contribution >= 4 is 0 Å². The van der Waals surface area contributed by atoms with Crippen LogP contribution in [-0.2, 0) is 6.42 Å². The van der Waals surface area contributed by atoms with Gasteiger partial charge in [-0.2, -0.15) is 0 Å². The van der Waals surface area contributed by atoms with E-state index in [-0.39, 0.29) is 0 Å². The lowest BCUT2D eigenvalue weighted by molar-refractivity contribution is 0.254. The molecule has 2 rings (SSSR count). The molecule has 1 heterocycles. The summed E-state index contributed by atoms with van der Waals surface area (Å²) in [6, 6.07) is 11.7. The van der Waals surface area contributed by atoms with Crippen molar-refractivity contribution in [1.82, 2.24) is 4.90 Å². The van der Waals surface area contributed by atoms with Crippen molar-refractivity contribution in [3.8, 4) is 0 Å². The first-order valence-corrected chi connectivity index (χ1v) is 5.79. The maximum Gasteiger partial charge on any atom is 0.0180 e. The van der Waals surface area contributed by atoms with Crippen molar-refractivity contribution in [2.75, 3.05) is 13.1 Å². The second kappa shape index (κ2) is 4.77. The quantitative estimate of drug-likeness (QED) is 0.811. The molecule has 0 saturated carbocycles. The van der Waals surface area contributed by atoms with Gasteiger partial charge in [0.1, 0.15) is 0 Å². The van der Waals surface area contributed by atoms with Gasteiger partial charge in [0.15, 0.2) is 0 Å². The summed E-state index contributed by atoms with van der Waals surface area (Å²) in [5, 5.41) is 0. The molecule has 0 aliphatic carbocycles. The van der Waals surface area contributed by atoms with E-state index in [9.17, 15) is 0 Å². The fourth-order valence-electron chi connectivity index (χ4n) is 2.30. The van der Waals surface area contributed by atoms with Gasteiger partial charge in [0.25, 0.3) is 0 Å². The SMILES string of the molecule is C[C@@H](Cc1ccccc1)N1CC[C@@H](N)C1. The lowest BCUT2D eigenvalue weighted by Gasteiger charge is -2.24. The van der Waals surface area contributed by atoms with Gasteiger partial charge in [0.2, 0.25) is 0 Å². The predicted octanol–water partition coefficient (Wildman–Crippen LogP) is 1.65. The summed E-state index contributed by atoms with van der Waals surface area (Å²) in [6.07, 6.45) is 2.28. The van der Waals surface area contributed by atoms with E-state index in [2.05, 4.69) is 42.2 Å². The Hall–Kier alpha value is -0.860. The molecule has 2 heteroatoms. The Morgan fingerprint density at radius 1 is 1.40 bits per heavy atom. The molecular formula is C13H20N2. The highest BCUT2D eigenvalue weighted by molar-refractivity contribution is 5.15. The zero-order valence-electron chi connectivity index (χ0n) is 9.39. The number of nitrogens with zero attached hydrogens (tertiary/aromatic N) is 1. The smallest absolute Gasteiger partial charge is 0.0180 e. The van der Waals surface area contributed by atoms with Gasteiger partial charge >= 0.3 is 0 Å². The van der Waals surface area contributed by atoms with Crippen LogP contribution in [0.2, 0.25) is 0 Å². The molecule has 1 aliphatic heterocycles. The summed E-state index contributed by atoms with van der Waals surface area (Å²) < 4.78 is 0. The summed E-state index contributed by atoms with van der Waals surface area (Å²) in [7, 11) is 0. The van der Waals surface area contributed by atoms with Gasteiger partial charge in [-0.3, -0.25) is 4.90 Å². The molecule has 82 valence electrons. The van der Waals surface area contributed by atoms with Gasteiger partial charge in [-0.05, 0) is 25.3 Å². The average molecular weight is 204 g/mol. The monoisotopic (exact) mass is 204 g/mol. The van der Waals surface area contributed by atoms with Crippen LogP contribution in [0.3, 0.4) is 0 Å². The van der Waals surface area contributed by atoms with Crippen LogP contribution in [0, 0.1) is 0 Å². The Bertz CT molecular complexity index is 297. The van der Waals surface area contributed by atoms with Crippen molar-refractivity contribution in [2.45, 2.75) is 31.8 Å². The van der Waals surface area contributed by atoms with Gasteiger partial charge in [-0.25, -0.2) is 0 Å². The zero-order chi connectivity index (χ0) is 10.7. The number of hydrogen-bond donors (Lipinski definition) is 1. The molecule has 1 saturated heterocycles. The maximum absolute atomic E-state index is 5.91. The second-order valence-corrected chi connectivity index (χ2v) is 4.58. The van der Waals surface area contributed by atoms with Crippen LogP contribution in [0.25, 0.3) is 0 Å². The van der Waals surface area contributed by atoms with Crippen LogP contribution in [0.1, 0.15) is 18.9 Å². The Morgan fingerprint density at radius 2 is 2.13 bits per heavy atom. The van der Waals surface area contributed by atoms with E-state index in [1.54, 1.807) is 0 Å². The first-order valence-electron chi connectivity index (χ1n) is 5.79. The van der Waals surface area contributed by atoms with Crippen molar-refractivity contribution in [3.05, 3.63) is 35.9 Å². The highest BCUT2D eigenvalue weighted by Crippen LogP contribution is 2.14. The molecule has 1 aliphatic rings. The summed E-state index contributed by atoms with van der Waals surface area (Å²) in [6.45, 7) is 4.52. The van der Waals surface area contributed by atoms with E-state index in [1.165, 1.54) is 5.56 Å². The average Bonchev–Trinajstić information content (AvgIpc) is 2.66. The predicted molar refractivity (Wildman–Crippen MR) is 63.8 cm³/mol. The lowest BCUT2D eigenvalue weighted by Crippen LogP contribution is -2.34. The number of benzene rings is 1. The van der Waals surface area contributed by atoms with Crippen molar-refractivity contribution in [3.63, 3.8) is 0 Å². The minimum atomic E-state index is 0.392. The Kier molecular flexibility index (Phi) is 3.39. The third-order valence-corrected chi connectivity index (χ3v) is 3.25. The Morgan fingerprint density at radius 3 is 2.73 bits per heavy atom. The molecule has 1 fully saturated rings. The van der Waals surface area contributed by atoms with E-state index in [1.807, 2.05) is 0 Å². The highest BCUT2D eigenvalue weighted by atomic mass is 15.2.